The molecule has 0 aliphatic heterocycles. The SMILES string of the molecule is O=C(O)C(Nc1snc2ccccc12)c1cccs1. The summed E-state index contributed by atoms with van der Waals surface area (Å²) >= 11 is 2.71. The van der Waals surface area contributed by atoms with Crippen LogP contribution in [0.4, 0.5) is 5.00 Å². The van der Waals surface area contributed by atoms with Crippen molar-refractivity contribution in [2.45, 2.75) is 6.04 Å². The van der Waals surface area contributed by atoms with Crippen molar-refractivity contribution in [2.75, 3.05) is 5.32 Å². The molecule has 0 radical (unpaired) electrons. The lowest BCUT2D eigenvalue weighted by molar-refractivity contribution is -0.138. The van der Waals surface area contributed by atoms with Crippen LogP contribution in [0.2, 0.25) is 0 Å². The molecule has 0 bridgehead atoms. The zero-order valence-corrected chi connectivity index (χ0v) is 11.4. The number of carboxylic acids is 1. The molecule has 2 aromatic heterocycles. The van der Waals surface area contributed by atoms with Gasteiger partial charge in [0.05, 0.1) is 5.52 Å². The van der Waals surface area contributed by atoms with Crippen molar-refractivity contribution >= 4 is 44.7 Å². The van der Waals surface area contributed by atoms with Crippen LogP contribution in [0.15, 0.2) is 41.8 Å². The average molecular weight is 290 g/mol. The van der Waals surface area contributed by atoms with Gasteiger partial charge in [-0.3, -0.25) is 0 Å². The lowest BCUT2D eigenvalue weighted by Crippen LogP contribution is -2.18. The standard InChI is InChI=1S/C13H10N2O2S2/c16-13(17)11(10-6-3-7-18-10)14-12-8-4-1-2-5-9(8)15-19-12/h1-7,11,14H,(H,16,17). The topological polar surface area (TPSA) is 62.2 Å². The Labute approximate surface area is 117 Å². The molecule has 0 spiro atoms. The summed E-state index contributed by atoms with van der Waals surface area (Å²) in [5.41, 5.74) is 0.880. The lowest BCUT2D eigenvalue weighted by atomic mass is 10.2. The Morgan fingerprint density at radius 1 is 1.26 bits per heavy atom. The summed E-state index contributed by atoms with van der Waals surface area (Å²) in [6, 6.07) is 10.6. The molecule has 0 aliphatic carbocycles. The molecule has 19 heavy (non-hydrogen) atoms. The van der Waals surface area contributed by atoms with E-state index < -0.39 is 12.0 Å². The minimum atomic E-state index is -0.889. The number of aromatic nitrogens is 1. The molecule has 2 N–H and O–H groups in total. The second-order valence-corrected chi connectivity index (χ2v) is 5.71. The number of aliphatic carboxylic acids is 1. The Hall–Kier alpha value is -1.92. The molecular formula is C13H10N2O2S2. The molecule has 4 nitrogen and oxygen atoms in total. The van der Waals surface area contributed by atoms with Crippen molar-refractivity contribution < 1.29 is 9.90 Å². The Bertz CT molecular complexity index is 706. The molecule has 3 rings (SSSR count). The fraction of sp³-hybridized carbons (Fsp3) is 0.0769. The third kappa shape index (κ3) is 2.32. The largest absolute Gasteiger partial charge is 0.479 e. The van der Waals surface area contributed by atoms with Gasteiger partial charge in [-0.15, -0.1) is 11.3 Å². The molecule has 0 saturated carbocycles. The molecule has 0 fully saturated rings. The van der Waals surface area contributed by atoms with Gasteiger partial charge in [0.15, 0.2) is 6.04 Å². The smallest absolute Gasteiger partial charge is 0.331 e. The molecule has 1 aromatic carbocycles. The first kappa shape index (κ1) is 12.1. The highest BCUT2D eigenvalue weighted by molar-refractivity contribution is 7.12. The zero-order chi connectivity index (χ0) is 13.2. The summed E-state index contributed by atoms with van der Waals surface area (Å²) in [7, 11) is 0. The van der Waals surface area contributed by atoms with Crippen molar-refractivity contribution in [1.82, 2.24) is 4.37 Å². The van der Waals surface area contributed by atoms with Gasteiger partial charge in [-0.1, -0.05) is 18.2 Å². The van der Waals surface area contributed by atoms with Crippen LogP contribution in [0.3, 0.4) is 0 Å². The number of hydrogen-bond donors (Lipinski definition) is 2. The molecule has 3 aromatic rings. The van der Waals surface area contributed by atoms with Crippen molar-refractivity contribution in [3.63, 3.8) is 0 Å². The van der Waals surface area contributed by atoms with E-state index in [1.807, 2.05) is 41.8 Å². The van der Waals surface area contributed by atoms with Gasteiger partial charge in [0.25, 0.3) is 0 Å². The van der Waals surface area contributed by atoms with Gasteiger partial charge in [0.2, 0.25) is 0 Å². The molecule has 0 saturated heterocycles. The van der Waals surface area contributed by atoms with E-state index in [0.717, 1.165) is 20.8 Å². The molecular weight excluding hydrogens is 280 g/mol. The average Bonchev–Trinajstić information content (AvgIpc) is 3.05. The van der Waals surface area contributed by atoms with Gasteiger partial charge in [-0.25, -0.2) is 4.79 Å². The van der Waals surface area contributed by atoms with Crippen molar-refractivity contribution in [3.8, 4) is 0 Å². The van der Waals surface area contributed by atoms with Gasteiger partial charge in [0, 0.05) is 10.3 Å². The highest BCUT2D eigenvalue weighted by Crippen LogP contribution is 2.32. The predicted molar refractivity (Wildman–Crippen MR) is 77.9 cm³/mol. The number of carboxylic acid groups (broad SMARTS) is 1. The summed E-state index contributed by atoms with van der Waals surface area (Å²) in [5.74, 6) is -0.889. The number of anilines is 1. The first-order chi connectivity index (χ1) is 9.25. The van der Waals surface area contributed by atoms with Gasteiger partial charge >= 0.3 is 5.97 Å². The van der Waals surface area contributed by atoms with E-state index in [-0.39, 0.29) is 0 Å². The Morgan fingerprint density at radius 2 is 2.11 bits per heavy atom. The third-order valence-electron chi connectivity index (χ3n) is 2.73. The van der Waals surface area contributed by atoms with Crippen LogP contribution in [0.1, 0.15) is 10.9 Å². The maximum Gasteiger partial charge on any atom is 0.331 e. The summed E-state index contributed by atoms with van der Waals surface area (Å²) in [5, 5.41) is 16.0. The van der Waals surface area contributed by atoms with Crippen LogP contribution in [0, 0.1) is 0 Å². The number of hydrogen-bond acceptors (Lipinski definition) is 5. The molecule has 1 atom stereocenters. The second kappa shape index (κ2) is 4.99. The van der Waals surface area contributed by atoms with Gasteiger partial charge in [-0.05, 0) is 35.1 Å². The molecule has 6 heteroatoms. The summed E-state index contributed by atoms with van der Waals surface area (Å²) in [6.45, 7) is 0. The molecule has 96 valence electrons. The number of nitrogens with one attached hydrogen (secondary N) is 1. The van der Waals surface area contributed by atoms with E-state index in [4.69, 9.17) is 0 Å². The van der Waals surface area contributed by atoms with E-state index in [1.165, 1.54) is 22.9 Å². The normalized spacial score (nSPS) is 12.4. The van der Waals surface area contributed by atoms with Gasteiger partial charge in [-0.2, -0.15) is 4.37 Å². The van der Waals surface area contributed by atoms with Crippen LogP contribution in [0.25, 0.3) is 10.9 Å². The quantitative estimate of drug-likeness (QED) is 0.770. The highest BCUT2D eigenvalue weighted by atomic mass is 32.1. The minimum Gasteiger partial charge on any atom is -0.479 e. The van der Waals surface area contributed by atoms with Crippen molar-refractivity contribution in [1.29, 1.82) is 0 Å². The number of rotatable bonds is 4. The molecule has 2 heterocycles. The van der Waals surface area contributed by atoms with E-state index in [2.05, 4.69) is 9.69 Å². The van der Waals surface area contributed by atoms with E-state index in [0.29, 0.717) is 0 Å². The Kier molecular flexibility index (Phi) is 3.18. The van der Waals surface area contributed by atoms with Gasteiger partial charge in [0.1, 0.15) is 5.00 Å². The highest BCUT2D eigenvalue weighted by Gasteiger charge is 2.22. The number of nitrogens with zero attached hydrogens (tertiary/aromatic N) is 1. The van der Waals surface area contributed by atoms with Crippen LogP contribution in [-0.4, -0.2) is 15.4 Å². The minimum absolute atomic E-state index is 0.733. The summed E-state index contributed by atoms with van der Waals surface area (Å²) in [4.78, 5) is 12.2. The van der Waals surface area contributed by atoms with Crippen LogP contribution in [0.5, 0.6) is 0 Å². The number of carbonyl (C=O) groups is 1. The first-order valence-corrected chi connectivity index (χ1v) is 7.28. The lowest BCUT2D eigenvalue weighted by Gasteiger charge is -2.12. The van der Waals surface area contributed by atoms with E-state index in [1.54, 1.807) is 0 Å². The van der Waals surface area contributed by atoms with Crippen molar-refractivity contribution in [2.24, 2.45) is 0 Å². The number of thiophene rings is 1. The Morgan fingerprint density at radius 3 is 2.84 bits per heavy atom. The molecule has 0 aliphatic rings. The monoisotopic (exact) mass is 290 g/mol. The zero-order valence-electron chi connectivity index (χ0n) is 9.74. The predicted octanol–water partition coefficient (Wildman–Crippen LogP) is 3.60. The molecule has 0 amide bonds. The number of benzene rings is 1. The summed E-state index contributed by atoms with van der Waals surface area (Å²) < 4.78 is 4.30. The van der Waals surface area contributed by atoms with Crippen LogP contribution < -0.4 is 5.32 Å². The first-order valence-electron chi connectivity index (χ1n) is 5.63. The second-order valence-electron chi connectivity index (χ2n) is 3.96. The summed E-state index contributed by atoms with van der Waals surface area (Å²) in [6.07, 6.45) is 0. The maximum atomic E-state index is 11.4. The third-order valence-corrected chi connectivity index (χ3v) is 4.48. The fourth-order valence-electron chi connectivity index (χ4n) is 1.83. The maximum absolute atomic E-state index is 11.4. The van der Waals surface area contributed by atoms with Gasteiger partial charge < -0.3 is 10.4 Å². The fourth-order valence-corrected chi connectivity index (χ4v) is 3.39. The van der Waals surface area contributed by atoms with Crippen LogP contribution in [-0.2, 0) is 4.79 Å². The molecule has 1 unspecified atom stereocenters. The van der Waals surface area contributed by atoms with Crippen molar-refractivity contribution in [3.05, 3.63) is 46.7 Å². The van der Waals surface area contributed by atoms with E-state index >= 15 is 0 Å². The Balaban J connectivity index is 1.96. The van der Waals surface area contributed by atoms with E-state index in [9.17, 15) is 9.90 Å². The van der Waals surface area contributed by atoms with Crippen LogP contribution >= 0.6 is 22.9 Å². The number of fused-ring (bicyclic) bond motifs is 1.